The molecule has 70 heavy (non-hydrogen) atoms. The molecule has 0 radical (unpaired) electrons. The molecule has 18 nitrogen and oxygen atoms in total. The van der Waals surface area contributed by atoms with Gasteiger partial charge in [0, 0.05) is 72.3 Å². The van der Waals surface area contributed by atoms with E-state index in [1.165, 1.54) is 36.8 Å². The molecule has 364 valence electrons. The van der Waals surface area contributed by atoms with Crippen molar-refractivity contribution in [2.45, 2.75) is 66.6 Å². The average Bonchev–Trinajstić information content (AvgIpc) is 3.29. The van der Waals surface area contributed by atoms with E-state index in [4.69, 9.17) is 26.0 Å². The van der Waals surface area contributed by atoms with Crippen molar-refractivity contribution >= 4 is 87.2 Å². The Labute approximate surface area is 414 Å². The second-order valence-corrected chi connectivity index (χ2v) is 17.6. The van der Waals surface area contributed by atoms with Crippen molar-refractivity contribution in [1.82, 2.24) is 29.9 Å². The highest BCUT2D eigenvalue weighted by molar-refractivity contribution is 9.10. The Hall–Kier alpha value is -8.45. The fourth-order valence-electron chi connectivity index (χ4n) is 4.96. The fraction of sp³-hybridized carbons (Fsp3) is 0.196. The van der Waals surface area contributed by atoms with Crippen LogP contribution in [0.3, 0.4) is 0 Å². The average molecular weight is 1020 g/mol. The minimum absolute atomic E-state index is 0.277. The Balaban J connectivity index is 0.000000261. The van der Waals surface area contributed by atoms with Gasteiger partial charge in [0.2, 0.25) is 0 Å². The van der Waals surface area contributed by atoms with Crippen LogP contribution in [0.4, 0.5) is 23.3 Å². The molecule has 6 aromatic heterocycles. The van der Waals surface area contributed by atoms with E-state index < -0.39 is 23.1 Å². The second-order valence-electron chi connectivity index (χ2n) is 16.7. The van der Waals surface area contributed by atoms with Crippen LogP contribution in [0.25, 0.3) is 18.2 Å². The number of rotatable bonds is 10. The summed E-state index contributed by atoms with van der Waals surface area (Å²) < 4.78 is 11.2. The molecule has 0 atom stereocenters. The zero-order valence-electron chi connectivity index (χ0n) is 39.9. The van der Waals surface area contributed by atoms with Crippen LogP contribution in [-0.2, 0) is 23.9 Å². The van der Waals surface area contributed by atoms with Crippen LogP contribution in [0.2, 0.25) is 0 Å². The summed E-state index contributed by atoms with van der Waals surface area (Å²) in [5.74, 6) is -0.591. The van der Waals surface area contributed by atoms with Crippen LogP contribution in [-0.4, -0.2) is 75.9 Å². The van der Waals surface area contributed by atoms with Crippen LogP contribution < -0.4 is 22.1 Å². The molecule has 0 fully saturated rings. The molecule has 0 spiro atoms. The van der Waals surface area contributed by atoms with E-state index in [9.17, 15) is 24.0 Å². The number of hydrogen-bond donors (Lipinski definition) is 5. The molecule has 2 amide bonds. The summed E-state index contributed by atoms with van der Waals surface area (Å²) in [4.78, 5) is 81.4. The monoisotopic (exact) mass is 1010 g/mol. The Morgan fingerprint density at radius 3 is 1.24 bits per heavy atom. The minimum atomic E-state index is -1.03. The molecule has 0 aliphatic heterocycles. The largest absolute Gasteiger partial charge is 0.478 e. The normalized spacial score (nSPS) is 10.9. The summed E-state index contributed by atoms with van der Waals surface area (Å²) in [6.07, 6.45) is 21.0. The van der Waals surface area contributed by atoms with E-state index >= 15 is 0 Å². The smallest absolute Gasteiger partial charge is 0.331 e. The lowest BCUT2D eigenvalue weighted by Gasteiger charge is -2.17. The third-order valence-electron chi connectivity index (χ3n) is 7.95. The maximum absolute atomic E-state index is 12.1. The number of carboxylic acids is 1. The number of nitrogens with one attached hydrogen (secondary N) is 2. The predicted molar refractivity (Wildman–Crippen MR) is 274 cm³/mol. The van der Waals surface area contributed by atoms with Crippen molar-refractivity contribution in [3.8, 4) is 0 Å². The van der Waals surface area contributed by atoms with Crippen LogP contribution in [0.1, 0.15) is 90.1 Å². The Kier molecular flexibility index (Phi) is 21.9. The highest BCUT2D eigenvalue weighted by Crippen LogP contribution is 2.14. The molecule has 6 rings (SSSR count). The number of anilines is 4. The number of carboxylic acid groups (broad SMARTS) is 1. The predicted octanol–water partition coefficient (Wildman–Crippen LogP) is 8.97. The lowest BCUT2D eigenvalue weighted by atomic mass is 10.2. The van der Waals surface area contributed by atoms with Crippen molar-refractivity contribution in [3.05, 3.63) is 172 Å². The van der Waals surface area contributed by atoms with Gasteiger partial charge in [-0.05, 0) is 178 Å². The SMILES string of the molecule is CC(C)(C)OC(=O)/C=C/c1ccc(N)nc1.Cc1cncc(C(=O)Nc2ccc(/C=C/C(=O)O)cn2)c1.Cc1cncc(C(=O)Nc2ccc(/C=C/C(=O)OC(C)(C)C)cn2)c1.Nc1ccc(Br)cn1. The summed E-state index contributed by atoms with van der Waals surface area (Å²) in [5, 5.41) is 13.9. The molecule has 7 N–H and O–H groups in total. The number of nitrogens with two attached hydrogens (primary N) is 2. The standard InChI is InChI=1S/C19H21N3O3.C15H13N3O3.C12H16N2O2.C5H5BrN2/c1-13-9-15(12-20-10-13)18(24)22-16-7-5-14(11-21-16)6-8-17(23)25-19(2,3)4;1-10-6-12(9-16-7-10)15(21)18-13-4-2-11(8-17-13)3-5-14(19)20;1-12(2,3)16-11(15)7-5-9-4-6-10(13)14-8-9;6-4-1-2-5(7)8-3-4/h5-12H,1-4H3,(H,21,22,24);2-9H,1H3,(H,19,20)(H,17,18,21);4-8H,1-3H3,(H2,13,14);1-3H,(H2,7,8)/b8-6+;5-3+;7-5+;. The van der Waals surface area contributed by atoms with Crippen molar-refractivity contribution in [2.24, 2.45) is 0 Å². The van der Waals surface area contributed by atoms with Gasteiger partial charge in [-0.2, -0.15) is 0 Å². The van der Waals surface area contributed by atoms with Gasteiger partial charge in [0.25, 0.3) is 11.8 Å². The first kappa shape index (κ1) is 55.9. The number of carbonyl (C=O) groups excluding carboxylic acids is 4. The Bertz CT molecular complexity index is 2750. The Morgan fingerprint density at radius 1 is 0.543 bits per heavy atom. The molecule has 0 saturated heterocycles. The van der Waals surface area contributed by atoms with E-state index in [-0.39, 0.29) is 17.8 Å². The topological polar surface area (TPSA) is 277 Å². The van der Waals surface area contributed by atoms with Gasteiger partial charge in [-0.25, -0.2) is 34.3 Å². The van der Waals surface area contributed by atoms with Gasteiger partial charge >= 0.3 is 17.9 Å². The number of nitrogen functional groups attached to an aromatic ring is 2. The number of esters is 2. The number of ether oxygens (including phenoxy) is 2. The van der Waals surface area contributed by atoms with Crippen molar-refractivity contribution in [3.63, 3.8) is 0 Å². The summed E-state index contributed by atoms with van der Waals surface area (Å²) in [7, 11) is 0. The zero-order chi connectivity index (χ0) is 51.9. The van der Waals surface area contributed by atoms with Crippen LogP contribution >= 0.6 is 15.9 Å². The molecule has 6 heterocycles. The first-order valence-electron chi connectivity index (χ1n) is 21.1. The molecular weight excluding hydrogens is 961 g/mol. The van der Waals surface area contributed by atoms with E-state index in [2.05, 4.69) is 56.5 Å². The quantitative estimate of drug-likeness (QED) is 0.0632. The molecule has 19 heteroatoms. The number of pyridine rings is 6. The number of aromatic nitrogens is 6. The van der Waals surface area contributed by atoms with Crippen LogP contribution in [0.5, 0.6) is 0 Å². The molecule has 0 bridgehead atoms. The molecule has 0 aromatic carbocycles. The fourth-order valence-corrected chi connectivity index (χ4v) is 5.20. The first-order valence-corrected chi connectivity index (χ1v) is 21.9. The molecule has 0 saturated carbocycles. The molecule has 0 unspecified atom stereocenters. The van der Waals surface area contributed by atoms with Gasteiger partial charge in [0.1, 0.15) is 34.5 Å². The lowest BCUT2D eigenvalue weighted by molar-refractivity contribution is -0.149. The maximum atomic E-state index is 12.1. The number of hydrogen-bond acceptors (Lipinski definition) is 15. The Morgan fingerprint density at radius 2 is 0.929 bits per heavy atom. The minimum Gasteiger partial charge on any atom is -0.478 e. The summed E-state index contributed by atoms with van der Waals surface area (Å²) >= 11 is 3.23. The second kappa shape index (κ2) is 27.4. The van der Waals surface area contributed by atoms with E-state index in [0.29, 0.717) is 40.0 Å². The van der Waals surface area contributed by atoms with Crippen molar-refractivity contribution < 1.29 is 38.6 Å². The summed E-state index contributed by atoms with van der Waals surface area (Å²) in [6.45, 7) is 14.6. The molecule has 0 aliphatic rings. The van der Waals surface area contributed by atoms with Gasteiger partial charge in [-0.15, -0.1) is 0 Å². The molecule has 0 aliphatic carbocycles. The summed E-state index contributed by atoms with van der Waals surface area (Å²) in [6, 6.07) is 17.2. The van der Waals surface area contributed by atoms with Crippen LogP contribution in [0, 0.1) is 13.8 Å². The summed E-state index contributed by atoms with van der Waals surface area (Å²) in [5.41, 5.74) is 14.6. The first-order chi connectivity index (χ1) is 32.9. The highest BCUT2D eigenvalue weighted by atomic mass is 79.9. The van der Waals surface area contributed by atoms with Gasteiger partial charge in [-0.3, -0.25) is 19.6 Å². The molecular formula is C51H55BrN10O8. The third-order valence-corrected chi connectivity index (χ3v) is 8.41. The van der Waals surface area contributed by atoms with Crippen molar-refractivity contribution in [2.75, 3.05) is 22.1 Å². The van der Waals surface area contributed by atoms with E-state index in [0.717, 1.165) is 32.8 Å². The van der Waals surface area contributed by atoms with Gasteiger partial charge in [-0.1, -0.05) is 0 Å². The lowest BCUT2D eigenvalue weighted by Crippen LogP contribution is -2.22. The van der Waals surface area contributed by atoms with E-state index in [1.54, 1.807) is 97.7 Å². The highest BCUT2D eigenvalue weighted by Gasteiger charge is 2.15. The maximum Gasteiger partial charge on any atom is 0.331 e. The number of carbonyl (C=O) groups is 5. The number of halogens is 1. The van der Waals surface area contributed by atoms with Crippen LogP contribution in [0.15, 0.2) is 133 Å². The van der Waals surface area contributed by atoms with Gasteiger partial charge in [0.15, 0.2) is 0 Å². The number of amides is 2. The van der Waals surface area contributed by atoms with E-state index in [1.807, 2.05) is 61.5 Å². The van der Waals surface area contributed by atoms with Gasteiger partial charge in [0.05, 0.1) is 11.1 Å². The number of nitrogens with zero attached hydrogens (tertiary/aromatic N) is 6. The zero-order valence-corrected chi connectivity index (χ0v) is 41.5. The van der Waals surface area contributed by atoms with Gasteiger partial charge < -0.3 is 36.7 Å². The molecule has 6 aromatic rings. The third kappa shape index (κ3) is 23.8. The number of aryl methyl sites for hydroxylation is 2. The number of aliphatic carboxylic acids is 1. The van der Waals surface area contributed by atoms with Crippen molar-refractivity contribution in [1.29, 1.82) is 0 Å².